The lowest BCUT2D eigenvalue weighted by atomic mass is 10.2. The Morgan fingerprint density at radius 3 is 2.37 bits per heavy atom. The number of alkyl halides is 3. The number of rotatable bonds is 1. The van der Waals surface area contributed by atoms with Crippen LogP contribution in [0.5, 0.6) is 0 Å². The molecule has 0 radical (unpaired) electrons. The second-order valence-corrected chi connectivity index (χ2v) is 5.10. The molecule has 0 aliphatic heterocycles. The molecule has 0 atom stereocenters. The number of hydrogen-bond acceptors (Lipinski definition) is 2. The van der Waals surface area contributed by atoms with Gasteiger partial charge in [0.05, 0.1) is 15.8 Å². The van der Waals surface area contributed by atoms with Gasteiger partial charge in [-0.3, -0.25) is 0 Å². The normalized spacial score (nSPS) is 11.9. The third-order valence-corrected chi connectivity index (χ3v) is 3.82. The van der Waals surface area contributed by atoms with Crippen LogP contribution in [-0.2, 0) is 6.18 Å². The van der Waals surface area contributed by atoms with Gasteiger partial charge >= 0.3 is 6.18 Å². The van der Waals surface area contributed by atoms with Gasteiger partial charge in [0.15, 0.2) is 0 Å². The summed E-state index contributed by atoms with van der Waals surface area (Å²) in [4.78, 5) is 4.28. The summed E-state index contributed by atoms with van der Waals surface area (Å²) in [5.74, 6) is 0. The van der Waals surface area contributed by atoms with E-state index >= 15 is 0 Å². The van der Waals surface area contributed by atoms with Crippen LogP contribution in [0.1, 0.15) is 5.56 Å². The zero-order valence-electron chi connectivity index (χ0n) is 9.61. The van der Waals surface area contributed by atoms with Crippen LogP contribution in [0.15, 0.2) is 48.5 Å². The maximum atomic E-state index is 12.6. The van der Waals surface area contributed by atoms with Gasteiger partial charge in [0.2, 0.25) is 0 Å². The highest BCUT2D eigenvalue weighted by Gasteiger charge is 2.30. The van der Waals surface area contributed by atoms with Gasteiger partial charge in [-0.1, -0.05) is 30.3 Å². The topological polar surface area (TPSA) is 12.9 Å². The van der Waals surface area contributed by atoms with E-state index in [9.17, 15) is 13.2 Å². The molecule has 0 saturated carbocycles. The average molecular weight is 279 g/mol. The van der Waals surface area contributed by atoms with E-state index in [4.69, 9.17) is 0 Å². The maximum absolute atomic E-state index is 12.6. The van der Waals surface area contributed by atoms with Gasteiger partial charge in [0.25, 0.3) is 0 Å². The van der Waals surface area contributed by atoms with Crippen LogP contribution >= 0.6 is 11.3 Å². The predicted octanol–water partition coefficient (Wildman–Crippen LogP) is 4.98. The van der Waals surface area contributed by atoms with Crippen LogP contribution in [0.4, 0.5) is 13.2 Å². The van der Waals surface area contributed by atoms with E-state index in [0.29, 0.717) is 5.52 Å². The molecule has 3 aromatic rings. The summed E-state index contributed by atoms with van der Waals surface area (Å²) in [5, 5.41) is 0.731. The Morgan fingerprint density at radius 2 is 1.68 bits per heavy atom. The summed E-state index contributed by atoms with van der Waals surface area (Å²) < 4.78 is 38.6. The lowest BCUT2D eigenvalue weighted by Gasteiger charge is -2.04. The number of nitrogens with zero attached hydrogens (tertiary/aromatic N) is 1. The van der Waals surface area contributed by atoms with Crippen LogP contribution in [0.25, 0.3) is 20.8 Å². The van der Waals surface area contributed by atoms with Crippen molar-refractivity contribution in [2.24, 2.45) is 0 Å². The minimum absolute atomic E-state index is 0.388. The summed E-state index contributed by atoms with van der Waals surface area (Å²) in [6.45, 7) is 0. The fourth-order valence-corrected chi connectivity index (χ4v) is 2.76. The SMILES string of the molecule is FC(F)(F)c1ccc2sc(-c3ccccc3)nc2c1. The van der Waals surface area contributed by atoms with E-state index in [0.717, 1.165) is 27.4 Å². The quantitative estimate of drug-likeness (QED) is 0.612. The minimum atomic E-state index is -4.33. The molecule has 1 heterocycles. The van der Waals surface area contributed by atoms with Crippen molar-refractivity contribution in [3.8, 4) is 10.6 Å². The highest BCUT2D eigenvalue weighted by molar-refractivity contribution is 7.21. The molecule has 0 aliphatic carbocycles. The lowest BCUT2D eigenvalue weighted by Crippen LogP contribution is -2.03. The van der Waals surface area contributed by atoms with E-state index in [1.165, 1.54) is 17.4 Å². The first-order valence-corrected chi connectivity index (χ1v) is 6.39. The zero-order valence-corrected chi connectivity index (χ0v) is 10.4. The van der Waals surface area contributed by atoms with E-state index in [-0.39, 0.29) is 0 Å². The van der Waals surface area contributed by atoms with Gasteiger partial charge in [-0.05, 0) is 18.2 Å². The van der Waals surface area contributed by atoms with Gasteiger partial charge in [-0.2, -0.15) is 13.2 Å². The fourth-order valence-electron chi connectivity index (χ4n) is 1.81. The first-order chi connectivity index (χ1) is 9.04. The molecule has 19 heavy (non-hydrogen) atoms. The standard InChI is InChI=1S/C14H8F3NS/c15-14(16,17)10-6-7-12-11(8-10)18-13(19-12)9-4-2-1-3-5-9/h1-8H. The Kier molecular flexibility index (Phi) is 2.78. The number of thiazole rings is 1. The second-order valence-electron chi connectivity index (χ2n) is 4.07. The van der Waals surface area contributed by atoms with Crippen LogP contribution in [0, 0.1) is 0 Å². The van der Waals surface area contributed by atoms with Crippen molar-refractivity contribution in [1.82, 2.24) is 4.98 Å². The Balaban J connectivity index is 2.12. The molecule has 0 amide bonds. The first kappa shape index (κ1) is 12.2. The van der Waals surface area contributed by atoms with Crippen molar-refractivity contribution in [3.63, 3.8) is 0 Å². The number of hydrogen-bond donors (Lipinski definition) is 0. The first-order valence-electron chi connectivity index (χ1n) is 5.57. The number of benzene rings is 2. The van der Waals surface area contributed by atoms with E-state index in [1.807, 2.05) is 30.3 Å². The molecule has 0 spiro atoms. The highest BCUT2D eigenvalue weighted by atomic mass is 32.1. The Hall–Kier alpha value is -1.88. The van der Waals surface area contributed by atoms with Crippen LogP contribution in [0.3, 0.4) is 0 Å². The maximum Gasteiger partial charge on any atom is 0.416 e. The molecule has 5 heteroatoms. The van der Waals surface area contributed by atoms with Gasteiger partial charge in [-0.15, -0.1) is 11.3 Å². The van der Waals surface area contributed by atoms with Crippen molar-refractivity contribution in [1.29, 1.82) is 0 Å². The Bertz CT molecular complexity index is 716. The largest absolute Gasteiger partial charge is 0.416 e. The molecule has 0 saturated heterocycles. The Morgan fingerprint density at radius 1 is 0.947 bits per heavy atom. The molecule has 2 aromatic carbocycles. The molecule has 0 bridgehead atoms. The predicted molar refractivity (Wildman–Crippen MR) is 70.1 cm³/mol. The van der Waals surface area contributed by atoms with Gasteiger partial charge < -0.3 is 0 Å². The molecule has 3 rings (SSSR count). The molecule has 1 nitrogen and oxygen atoms in total. The van der Waals surface area contributed by atoms with Gasteiger partial charge in [0.1, 0.15) is 5.01 Å². The third kappa shape index (κ3) is 2.33. The van der Waals surface area contributed by atoms with Crippen molar-refractivity contribution in [2.75, 3.05) is 0 Å². The molecule has 96 valence electrons. The van der Waals surface area contributed by atoms with Crippen molar-refractivity contribution >= 4 is 21.6 Å². The molecular weight excluding hydrogens is 271 g/mol. The molecule has 0 N–H and O–H groups in total. The lowest BCUT2D eigenvalue weighted by molar-refractivity contribution is -0.137. The summed E-state index contributed by atoms with van der Waals surface area (Å²) in [6, 6.07) is 13.1. The number of aromatic nitrogens is 1. The van der Waals surface area contributed by atoms with Crippen LogP contribution in [-0.4, -0.2) is 4.98 Å². The summed E-state index contributed by atoms with van der Waals surface area (Å²) in [7, 11) is 0. The van der Waals surface area contributed by atoms with E-state index < -0.39 is 11.7 Å². The summed E-state index contributed by atoms with van der Waals surface area (Å²) in [6.07, 6.45) is -4.33. The number of fused-ring (bicyclic) bond motifs is 1. The number of halogens is 3. The highest BCUT2D eigenvalue weighted by Crippen LogP contribution is 2.35. The van der Waals surface area contributed by atoms with Gasteiger partial charge in [-0.25, -0.2) is 4.98 Å². The Labute approximate surface area is 111 Å². The fraction of sp³-hybridized carbons (Fsp3) is 0.0714. The minimum Gasteiger partial charge on any atom is -0.236 e. The van der Waals surface area contributed by atoms with Crippen molar-refractivity contribution in [2.45, 2.75) is 6.18 Å². The zero-order chi connectivity index (χ0) is 13.5. The molecule has 0 unspecified atom stereocenters. The van der Waals surface area contributed by atoms with Crippen molar-refractivity contribution < 1.29 is 13.2 Å². The second kappa shape index (κ2) is 4.35. The molecule has 0 aliphatic rings. The van der Waals surface area contributed by atoms with Crippen molar-refractivity contribution in [3.05, 3.63) is 54.1 Å². The smallest absolute Gasteiger partial charge is 0.236 e. The summed E-state index contributed by atoms with van der Waals surface area (Å²) >= 11 is 1.39. The van der Waals surface area contributed by atoms with E-state index in [2.05, 4.69) is 4.98 Å². The molecular formula is C14H8F3NS. The average Bonchev–Trinajstić information content (AvgIpc) is 2.81. The van der Waals surface area contributed by atoms with Gasteiger partial charge in [0, 0.05) is 5.56 Å². The third-order valence-electron chi connectivity index (χ3n) is 2.74. The summed E-state index contributed by atoms with van der Waals surface area (Å²) in [5.41, 5.74) is 0.640. The monoisotopic (exact) mass is 279 g/mol. The van der Waals surface area contributed by atoms with Crippen LogP contribution < -0.4 is 0 Å². The molecule has 0 fully saturated rings. The molecule has 1 aromatic heterocycles. The van der Waals surface area contributed by atoms with E-state index in [1.54, 1.807) is 0 Å². The van der Waals surface area contributed by atoms with Crippen LogP contribution in [0.2, 0.25) is 0 Å².